The van der Waals surface area contributed by atoms with Crippen LogP contribution in [-0.4, -0.2) is 9.55 Å². The minimum atomic E-state index is 1.17. The summed E-state index contributed by atoms with van der Waals surface area (Å²) in [5.41, 5.74) is 0. The number of nitrogens with zero attached hydrogens (tertiary/aromatic N) is 2. The maximum atomic E-state index is 4.67. The fourth-order valence-corrected chi connectivity index (χ4v) is 6.08. The Bertz CT molecular complexity index is 529. The Morgan fingerprint density at radius 1 is 0.410 bits per heavy atom. The summed E-state index contributed by atoms with van der Waals surface area (Å²) in [6, 6.07) is 0. The van der Waals surface area contributed by atoms with Crippen molar-refractivity contribution in [3.05, 3.63) is 18.2 Å². The van der Waals surface area contributed by atoms with Gasteiger partial charge in [0.15, 0.2) is 0 Å². The van der Waals surface area contributed by atoms with Gasteiger partial charge in [-0.25, -0.2) is 4.98 Å². The second kappa shape index (κ2) is 30.2. The number of aromatic nitrogens is 2. The van der Waals surface area contributed by atoms with Gasteiger partial charge in [-0.2, -0.15) is 0 Å². The standard InChI is InChI=1S/C37H72N2/c1-3-5-7-9-11-13-15-17-19-21-23-25-27-29-31-33-37-38-34-36-39(37)35-32-30-28-26-24-22-20-18-16-14-12-10-8-6-4-2/h34,36H,3-33,35H2,1-2H3. The highest BCUT2D eigenvalue weighted by Gasteiger charge is 2.03. The molecule has 0 saturated heterocycles. The predicted octanol–water partition coefficient (Wildman–Crippen LogP) is 13.2. The molecule has 0 aliphatic carbocycles. The molecular weight excluding hydrogens is 472 g/mol. The Labute approximate surface area is 246 Å². The zero-order valence-electron chi connectivity index (χ0n) is 27.2. The molecule has 0 spiro atoms. The van der Waals surface area contributed by atoms with Gasteiger partial charge >= 0.3 is 0 Å². The molecule has 0 aromatic carbocycles. The minimum absolute atomic E-state index is 1.17. The van der Waals surface area contributed by atoms with E-state index in [1.54, 1.807) is 0 Å². The molecule has 2 nitrogen and oxygen atoms in total. The quantitative estimate of drug-likeness (QED) is 0.0824. The Balaban J connectivity index is 1.83. The number of imidazole rings is 1. The van der Waals surface area contributed by atoms with Crippen molar-refractivity contribution in [1.29, 1.82) is 0 Å². The van der Waals surface area contributed by atoms with Gasteiger partial charge in [-0.15, -0.1) is 0 Å². The summed E-state index contributed by atoms with van der Waals surface area (Å²) in [6.45, 7) is 5.78. The summed E-state index contributed by atoms with van der Waals surface area (Å²) in [5, 5.41) is 0. The van der Waals surface area contributed by atoms with Gasteiger partial charge in [-0.05, 0) is 12.8 Å². The molecule has 39 heavy (non-hydrogen) atoms. The molecule has 0 bridgehead atoms. The van der Waals surface area contributed by atoms with Gasteiger partial charge in [0.1, 0.15) is 5.82 Å². The van der Waals surface area contributed by atoms with E-state index in [4.69, 9.17) is 0 Å². The smallest absolute Gasteiger partial charge is 0.108 e. The van der Waals surface area contributed by atoms with Crippen LogP contribution in [0.2, 0.25) is 0 Å². The van der Waals surface area contributed by atoms with Crippen molar-refractivity contribution in [2.45, 2.75) is 219 Å². The van der Waals surface area contributed by atoms with Crippen molar-refractivity contribution in [3.8, 4) is 0 Å². The zero-order chi connectivity index (χ0) is 27.9. The van der Waals surface area contributed by atoms with Gasteiger partial charge in [0, 0.05) is 25.4 Å². The Kier molecular flexibility index (Phi) is 28.0. The third kappa shape index (κ3) is 24.7. The second-order valence-corrected chi connectivity index (χ2v) is 12.7. The zero-order valence-corrected chi connectivity index (χ0v) is 27.2. The molecule has 1 aromatic rings. The highest BCUT2D eigenvalue weighted by atomic mass is 15.1. The van der Waals surface area contributed by atoms with Crippen LogP contribution in [0.5, 0.6) is 0 Å². The van der Waals surface area contributed by atoms with Gasteiger partial charge in [-0.3, -0.25) is 0 Å². The predicted molar refractivity (Wildman–Crippen MR) is 176 cm³/mol. The van der Waals surface area contributed by atoms with E-state index in [0.717, 1.165) is 0 Å². The lowest BCUT2D eigenvalue weighted by molar-refractivity contribution is 0.514. The van der Waals surface area contributed by atoms with Crippen LogP contribution in [0.1, 0.15) is 212 Å². The van der Waals surface area contributed by atoms with Crippen molar-refractivity contribution >= 4 is 0 Å². The lowest BCUT2D eigenvalue weighted by Gasteiger charge is -2.08. The van der Waals surface area contributed by atoms with Crippen LogP contribution in [0.3, 0.4) is 0 Å². The molecule has 0 fully saturated rings. The Morgan fingerprint density at radius 3 is 1.08 bits per heavy atom. The van der Waals surface area contributed by atoms with E-state index in [-0.39, 0.29) is 0 Å². The average Bonchev–Trinajstić information content (AvgIpc) is 3.40. The van der Waals surface area contributed by atoms with E-state index in [0.29, 0.717) is 0 Å². The molecule has 0 aliphatic rings. The molecule has 0 unspecified atom stereocenters. The number of unbranched alkanes of at least 4 members (excludes halogenated alkanes) is 28. The second-order valence-electron chi connectivity index (χ2n) is 12.7. The number of hydrogen-bond acceptors (Lipinski definition) is 1. The molecule has 0 aliphatic heterocycles. The molecule has 0 amide bonds. The molecule has 1 aromatic heterocycles. The fourth-order valence-electron chi connectivity index (χ4n) is 6.08. The summed E-state index contributed by atoms with van der Waals surface area (Å²) < 4.78 is 2.44. The topological polar surface area (TPSA) is 17.8 Å². The molecule has 0 radical (unpaired) electrons. The maximum absolute atomic E-state index is 4.67. The van der Waals surface area contributed by atoms with Crippen molar-refractivity contribution < 1.29 is 0 Å². The SMILES string of the molecule is CCCCCCCCCCCCCCCCCc1nccn1CCCCCCCCCCCCCCCCC. The fraction of sp³-hybridized carbons (Fsp3) is 0.919. The van der Waals surface area contributed by atoms with Crippen molar-refractivity contribution in [3.63, 3.8) is 0 Å². The van der Waals surface area contributed by atoms with Crippen molar-refractivity contribution in [1.82, 2.24) is 9.55 Å². The van der Waals surface area contributed by atoms with Crippen LogP contribution in [-0.2, 0) is 13.0 Å². The molecule has 2 heteroatoms. The van der Waals surface area contributed by atoms with Crippen LogP contribution in [0.25, 0.3) is 0 Å². The number of hydrogen-bond donors (Lipinski definition) is 0. The lowest BCUT2D eigenvalue weighted by atomic mass is 10.0. The summed E-state index contributed by atoms with van der Waals surface area (Å²) in [6.07, 6.45) is 48.4. The van der Waals surface area contributed by atoms with Crippen LogP contribution < -0.4 is 0 Å². The van der Waals surface area contributed by atoms with E-state index < -0.39 is 0 Å². The molecule has 230 valence electrons. The van der Waals surface area contributed by atoms with Gasteiger partial charge in [0.25, 0.3) is 0 Å². The summed E-state index contributed by atoms with van der Waals surface area (Å²) >= 11 is 0. The van der Waals surface area contributed by atoms with Crippen LogP contribution in [0.4, 0.5) is 0 Å². The largest absolute Gasteiger partial charge is 0.335 e. The third-order valence-corrected chi connectivity index (χ3v) is 8.81. The van der Waals surface area contributed by atoms with Gasteiger partial charge in [-0.1, -0.05) is 194 Å². The minimum Gasteiger partial charge on any atom is -0.335 e. The van der Waals surface area contributed by atoms with Crippen LogP contribution >= 0.6 is 0 Å². The molecule has 1 rings (SSSR count). The Morgan fingerprint density at radius 2 is 0.718 bits per heavy atom. The number of rotatable bonds is 32. The normalized spacial score (nSPS) is 11.5. The van der Waals surface area contributed by atoms with Crippen LogP contribution in [0.15, 0.2) is 12.4 Å². The molecular formula is C37H72N2. The van der Waals surface area contributed by atoms with E-state index in [2.05, 4.69) is 29.6 Å². The summed E-state index contributed by atoms with van der Waals surface area (Å²) in [7, 11) is 0. The Hall–Kier alpha value is -0.790. The lowest BCUT2D eigenvalue weighted by Crippen LogP contribution is -2.03. The summed E-state index contributed by atoms with van der Waals surface area (Å²) in [4.78, 5) is 4.67. The summed E-state index contributed by atoms with van der Waals surface area (Å²) in [5.74, 6) is 1.33. The molecule has 0 saturated carbocycles. The van der Waals surface area contributed by atoms with Gasteiger partial charge in [0.05, 0.1) is 0 Å². The molecule has 1 heterocycles. The number of aryl methyl sites for hydroxylation is 2. The highest BCUT2D eigenvalue weighted by molar-refractivity contribution is 4.92. The van der Waals surface area contributed by atoms with Gasteiger partial charge < -0.3 is 4.57 Å². The first kappa shape index (κ1) is 36.2. The molecule has 0 atom stereocenters. The highest BCUT2D eigenvalue weighted by Crippen LogP contribution is 2.16. The van der Waals surface area contributed by atoms with Crippen molar-refractivity contribution in [2.75, 3.05) is 0 Å². The van der Waals surface area contributed by atoms with E-state index in [1.807, 2.05) is 6.20 Å². The first-order valence-electron chi connectivity index (χ1n) is 18.4. The van der Waals surface area contributed by atoms with E-state index in [1.165, 1.54) is 211 Å². The first-order chi connectivity index (χ1) is 19.4. The van der Waals surface area contributed by atoms with Crippen molar-refractivity contribution in [2.24, 2.45) is 0 Å². The average molecular weight is 545 g/mol. The third-order valence-electron chi connectivity index (χ3n) is 8.81. The first-order valence-corrected chi connectivity index (χ1v) is 18.4. The maximum Gasteiger partial charge on any atom is 0.108 e. The monoisotopic (exact) mass is 545 g/mol. The molecule has 0 N–H and O–H groups in total. The van der Waals surface area contributed by atoms with Crippen LogP contribution in [0, 0.1) is 0 Å². The van der Waals surface area contributed by atoms with E-state index >= 15 is 0 Å². The van der Waals surface area contributed by atoms with E-state index in [9.17, 15) is 0 Å². The van der Waals surface area contributed by atoms with Gasteiger partial charge in [0.2, 0.25) is 0 Å².